The number of hydrogen-bond donors (Lipinski definition) is 1. The smallest absolute Gasteiger partial charge is 0.0101 e. The maximum absolute atomic E-state index is 3.96. The Morgan fingerprint density at radius 1 is 0.929 bits per heavy atom. The van der Waals surface area contributed by atoms with Crippen molar-refractivity contribution in [1.29, 1.82) is 0 Å². The first-order valence-corrected chi connectivity index (χ1v) is 6.59. The number of nitrogens with one attached hydrogen (secondary N) is 1. The van der Waals surface area contributed by atoms with E-state index in [2.05, 4.69) is 12.2 Å². The molecule has 0 aromatic heterocycles. The van der Waals surface area contributed by atoms with Crippen LogP contribution in [0.4, 0.5) is 0 Å². The Morgan fingerprint density at radius 3 is 2.43 bits per heavy atom. The molecule has 1 N–H and O–H groups in total. The first-order valence-electron chi connectivity index (χ1n) is 6.59. The largest absolute Gasteiger partial charge is 0.311 e. The Morgan fingerprint density at radius 2 is 1.86 bits per heavy atom. The van der Waals surface area contributed by atoms with Crippen LogP contribution in [0.5, 0.6) is 0 Å². The predicted molar refractivity (Wildman–Crippen MR) is 59.2 cm³/mol. The van der Waals surface area contributed by atoms with Gasteiger partial charge in [0.1, 0.15) is 0 Å². The Hall–Kier alpha value is -0.0400. The van der Waals surface area contributed by atoms with Gasteiger partial charge < -0.3 is 5.32 Å². The standard InChI is InChI=1S/C13H23N/c1-9-3-2-4-12(9)14-13-8-10-5-6-11(13)7-10/h9-14H,2-8H2,1H3. The maximum atomic E-state index is 3.96. The third kappa shape index (κ3) is 1.50. The van der Waals surface area contributed by atoms with Gasteiger partial charge in [-0.1, -0.05) is 19.8 Å². The molecule has 1 heteroatoms. The number of rotatable bonds is 2. The molecule has 3 saturated carbocycles. The second-order valence-electron chi connectivity index (χ2n) is 5.96. The van der Waals surface area contributed by atoms with E-state index in [9.17, 15) is 0 Å². The quantitative estimate of drug-likeness (QED) is 0.711. The molecule has 3 aliphatic carbocycles. The lowest BCUT2D eigenvalue weighted by molar-refractivity contribution is 0.293. The molecule has 0 amide bonds. The fraction of sp³-hybridized carbons (Fsp3) is 1.00. The summed E-state index contributed by atoms with van der Waals surface area (Å²) in [4.78, 5) is 0. The monoisotopic (exact) mass is 193 g/mol. The van der Waals surface area contributed by atoms with Gasteiger partial charge in [-0.05, 0) is 49.9 Å². The summed E-state index contributed by atoms with van der Waals surface area (Å²) in [6.45, 7) is 2.43. The van der Waals surface area contributed by atoms with Gasteiger partial charge in [-0.15, -0.1) is 0 Å². The van der Waals surface area contributed by atoms with Crippen LogP contribution in [0.3, 0.4) is 0 Å². The van der Waals surface area contributed by atoms with E-state index in [1.165, 1.54) is 38.5 Å². The van der Waals surface area contributed by atoms with Crippen molar-refractivity contribution in [2.24, 2.45) is 17.8 Å². The Balaban J connectivity index is 1.57. The molecule has 3 rings (SSSR count). The molecule has 0 aliphatic heterocycles. The summed E-state index contributed by atoms with van der Waals surface area (Å²) < 4.78 is 0. The van der Waals surface area contributed by atoms with E-state index in [1.54, 1.807) is 6.42 Å². The highest BCUT2D eigenvalue weighted by atomic mass is 15.0. The van der Waals surface area contributed by atoms with Gasteiger partial charge in [0.15, 0.2) is 0 Å². The third-order valence-electron chi connectivity index (χ3n) is 5.03. The molecular weight excluding hydrogens is 170 g/mol. The minimum atomic E-state index is 0.861. The van der Waals surface area contributed by atoms with Crippen molar-refractivity contribution in [2.45, 2.75) is 64.0 Å². The summed E-state index contributed by atoms with van der Waals surface area (Å²) in [6.07, 6.45) is 10.4. The summed E-state index contributed by atoms with van der Waals surface area (Å²) in [5.74, 6) is 3.08. The van der Waals surface area contributed by atoms with Gasteiger partial charge in [-0.25, -0.2) is 0 Å². The maximum Gasteiger partial charge on any atom is 0.0101 e. The normalized spacial score (nSPS) is 51.6. The summed E-state index contributed by atoms with van der Waals surface area (Å²) in [5.41, 5.74) is 0. The lowest BCUT2D eigenvalue weighted by Crippen LogP contribution is -2.42. The van der Waals surface area contributed by atoms with Crippen molar-refractivity contribution < 1.29 is 0 Å². The summed E-state index contributed by atoms with van der Waals surface area (Å²) >= 11 is 0. The molecule has 1 nitrogen and oxygen atoms in total. The van der Waals surface area contributed by atoms with Crippen molar-refractivity contribution in [3.8, 4) is 0 Å². The van der Waals surface area contributed by atoms with Crippen LogP contribution in [0, 0.1) is 17.8 Å². The Kier molecular flexibility index (Phi) is 2.31. The number of hydrogen-bond acceptors (Lipinski definition) is 1. The second-order valence-corrected chi connectivity index (χ2v) is 5.96. The highest BCUT2D eigenvalue weighted by molar-refractivity contribution is 4.96. The van der Waals surface area contributed by atoms with Crippen molar-refractivity contribution in [2.75, 3.05) is 0 Å². The van der Waals surface area contributed by atoms with Crippen LogP contribution in [0.1, 0.15) is 51.9 Å². The SMILES string of the molecule is CC1CCCC1NC1CC2CCC1C2. The van der Waals surface area contributed by atoms with Gasteiger partial charge in [0, 0.05) is 12.1 Å². The van der Waals surface area contributed by atoms with E-state index in [1.807, 2.05) is 0 Å². The van der Waals surface area contributed by atoms with Crippen molar-refractivity contribution >= 4 is 0 Å². The molecule has 5 unspecified atom stereocenters. The van der Waals surface area contributed by atoms with Crippen LogP contribution in [0.25, 0.3) is 0 Å². The fourth-order valence-electron chi connectivity index (χ4n) is 4.12. The van der Waals surface area contributed by atoms with E-state index in [4.69, 9.17) is 0 Å². The van der Waals surface area contributed by atoms with E-state index < -0.39 is 0 Å². The second kappa shape index (κ2) is 3.52. The average Bonchev–Trinajstić information content (AvgIpc) is 2.83. The van der Waals surface area contributed by atoms with Gasteiger partial charge in [-0.2, -0.15) is 0 Å². The van der Waals surface area contributed by atoms with E-state index in [0.29, 0.717) is 0 Å². The lowest BCUT2D eigenvalue weighted by atomic mass is 9.93. The summed E-state index contributed by atoms with van der Waals surface area (Å²) in [6, 6.07) is 1.76. The molecule has 80 valence electrons. The minimum absolute atomic E-state index is 0.861. The molecule has 5 atom stereocenters. The van der Waals surface area contributed by atoms with E-state index in [-0.39, 0.29) is 0 Å². The lowest BCUT2D eigenvalue weighted by Gasteiger charge is -2.28. The molecular formula is C13H23N. The Labute approximate surface area is 87.7 Å². The zero-order valence-corrected chi connectivity index (χ0v) is 9.34. The van der Waals surface area contributed by atoms with Crippen molar-refractivity contribution in [3.05, 3.63) is 0 Å². The fourth-order valence-corrected chi connectivity index (χ4v) is 4.12. The molecule has 3 fully saturated rings. The van der Waals surface area contributed by atoms with Gasteiger partial charge in [-0.3, -0.25) is 0 Å². The van der Waals surface area contributed by atoms with Gasteiger partial charge in [0.05, 0.1) is 0 Å². The van der Waals surface area contributed by atoms with Crippen LogP contribution < -0.4 is 5.32 Å². The molecule has 2 bridgehead atoms. The van der Waals surface area contributed by atoms with Crippen molar-refractivity contribution in [3.63, 3.8) is 0 Å². The van der Waals surface area contributed by atoms with E-state index >= 15 is 0 Å². The average molecular weight is 193 g/mol. The molecule has 0 saturated heterocycles. The topological polar surface area (TPSA) is 12.0 Å². The van der Waals surface area contributed by atoms with Gasteiger partial charge >= 0.3 is 0 Å². The van der Waals surface area contributed by atoms with Crippen LogP contribution >= 0.6 is 0 Å². The zero-order chi connectivity index (χ0) is 9.54. The first kappa shape index (κ1) is 9.21. The molecule has 3 aliphatic rings. The molecule has 0 aromatic rings. The highest BCUT2D eigenvalue weighted by Crippen LogP contribution is 2.45. The molecule has 0 radical (unpaired) electrons. The molecule has 0 heterocycles. The Bertz CT molecular complexity index is 213. The third-order valence-corrected chi connectivity index (χ3v) is 5.03. The minimum Gasteiger partial charge on any atom is -0.311 e. The van der Waals surface area contributed by atoms with Gasteiger partial charge in [0.2, 0.25) is 0 Å². The predicted octanol–water partition coefficient (Wildman–Crippen LogP) is 2.95. The summed E-state index contributed by atoms with van der Waals surface area (Å²) in [7, 11) is 0. The van der Waals surface area contributed by atoms with Crippen LogP contribution in [0.15, 0.2) is 0 Å². The first-order chi connectivity index (χ1) is 6.83. The molecule has 0 spiro atoms. The van der Waals surface area contributed by atoms with Gasteiger partial charge in [0.25, 0.3) is 0 Å². The summed E-state index contributed by atoms with van der Waals surface area (Å²) in [5, 5.41) is 3.96. The zero-order valence-electron chi connectivity index (χ0n) is 9.34. The molecule has 14 heavy (non-hydrogen) atoms. The van der Waals surface area contributed by atoms with Crippen LogP contribution in [-0.4, -0.2) is 12.1 Å². The van der Waals surface area contributed by atoms with Crippen LogP contribution in [0.2, 0.25) is 0 Å². The van der Waals surface area contributed by atoms with E-state index in [0.717, 1.165) is 29.8 Å². The molecule has 0 aromatic carbocycles. The number of fused-ring (bicyclic) bond motifs is 2. The van der Waals surface area contributed by atoms with Crippen LogP contribution in [-0.2, 0) is 0 Å². The van der Waals surface area contributed by atoms with Crippen molar-refractivity contribution in [1.82, 2.24) is 5.32 Å². The highest BCUT2D eigenvalue weighted by Gasteiger charge is 2.40.